The fourth-order valence-corrected chi connectivity index (χ4v) is 13.2. The van der Waals surface area contributed by atoms with Crippen molar-refractivity contribution in [2.24, 2.45) is 0 Å². The van der Waals surface area contributed by atoms with E-state index in [0.29, 0.717) is 58.0 Å². The first-order chi connectivity index (χ1) is 35.0. The van der Waals surface area contributed by atoms with Crippen molar-refractivity contribution < 1.29 is 42.2 Å². The molecule has 8 heterocycles. The zero-order valence-electron chi connectivity index (χ0n) is 38.5. The number of fused-ring (bicyclic) bond motifs is 14. The van der Waals surface area contributed by atoms with Gasteiger partial charge in [-0.3, -0.25) is 34.0 Å². The first-order valence-electron chi connectivity index (χ1n) is 21.6. The number of hydrogen-bond donors (Lipinski definition) is 8. The standard InChI is InChI=1S/C44H41N13O9S7/c1-19-31-38(63)56-44-55-33(27(72-44)14-66-3)37(62)46-13-30(59)53-34(35(60)20-8-6-5-7-9-20)43-51-26(17-69-43)41-49-24(15-68-41)32-21(10-11-22(47-32)40-52-28(18-70-40)57-73(4,64)65)39-50-25(16-67-39)36(61)48-23(12-29(58)45-2)42(54-31)71-19/h5-11,15-18,23,32,34-35,47,57,60H,12-14H2,1-4H3,(H,45,58)(H,46,62)(H,48,61)(H,53,59)(H,55,56,63)/t23-,32?,34-,35-/m0/s1. The number of allylic oxidation sites excluding steroid dienone is 2. The van der Waals surface area contributed by atoms with Crippen LogP contribution in [0.2, 0.25) is 0 Å². The molecule has 0 saturated heterocycles. The number of hydrogen-bond acceptors (Lipinski definition) is 22. The molecule has 1 unspecified atom stereocenters. The third-order valence-corrected chi connectivity index (χ3v) is 17.0. The minimum atomic E-state index is -3.61. The minimum Gasteiger partial charge on any atom is -0.386 e. The number of nitrogens with one attached hydrogen (secondary N) is 7. The van der Waals surface area contributed by atoms with Gasteiger partial charge in [-0.05, 0) is 18.6 Å². The van der Waals surface area contributed by atoms with Crippen molar-refractivity contribution in [2.75, 3.05) is 37.0 Å². The van der Waals surface area contributed by atoms with E-state index in [4.69, 9.17) is 19.7 Å². The third kappa shape index (κ3) is 11.7. The van der Waals surface area contributed by atoms with Gasteiger partial charge in [0.1, 0.15) is 60.0 Å². The van der Waals surface area contributed by atoms with Gasteiger partial charge in [0.15, 0.2) is 10.9 Å². The van der Waals surface area contributed by atoms with Crippen LogP contribution >= 0.6 is 68.0 Å². The number of carbonyl (C=O) groups excluding carboxylic acids is 5. The molecule has 378 valence electrons. The van der Waals surface area contributed by atoms with Crippen molar-refractivity contribution in [1.82, 2.24) is 56.5 Å². The predicted octanol–water partition coefficient (Wildman–Crippen LogP) is 5.18. The molecule has 6 aromatic heterocycles. The highest BCUT2D eigenvalue weighted by molar-refractivity contribution is 7.92. The Labute approximate surface area is 439 Å². The summed E-state index contributed by atoms with van der Waals surface area (Å²) in [5, 5.41) is 37.6. The molecule has 8 N–H and O–H groups in total. The van der Waals surface area contributed by atoms with Crippen molar-refractivity contribution in [2.45, 2.75) is 44.2 Å². The van der Waals surface area contributed by atoms with Crippen LogP contribution in [-0.2, 0) is 31.0 Å². The number of nitrogens with zero attached hydrogens (tertiary/aromatic N) is 6. The Morgan fingerprint density at radius 3 is 2.36 bits per heavy atom. The SMILES string of the molecule is CNC(=O)C[C@@H]1NC(=O)c2csc(n2)C2=CC=C(c3nc(NS(C)(=O)=O)cs3)NC2c2csc(n2)-c2csc(n2)[C@H]([C@@H](O)c2ccccc2)NC(=O)CNC(=O)c2nc(sc2COC)NC(=O)c2nc1sc2C. The number of rotatable bonds is 9. The molecule has 1 aromatic carbocycles. The van der Waals surface area contributed by atoms with Crippen molar-refractivity contribution in [1.29, 1.82) is 0 Å². The molecule has 2 aliphatic heterocycles. The second-order valence-electron chi connectivity index (χ2n) is 16.0. The van der Waals surface area contributed by atoms with Gasteiger partial charge in [0.2, 0.25) is 21.8 Å². The van der Waals surface area contributed by atoms with E-state index in [1.54, 1.807) is 59.5 Å². The van der Waals surface area contributed by atoms with Crippen LogP contribution in [0.1, 0.15) is 103 Å². The van der Waals surface area contributed by atoms with Crippen LogP contribution in [0.15, 0.2) is 64.0 Å². The summed E-state index contributed by atoms with van der Waals surface area (Å²) in [6, 6.07) is 5.97. The molecule has 73 heavy (non-hydrogen) atoms. The predicted molar refractivity (Wildman–Crippen MR) is 279 cm³/mol. The average molecular weight is 1120 g/mol. The van der Waals surface area contributed by atoms with Crippen LogP contribution < -0.4 is 36.6 Å². The van der Waals surface area contributed by atoms with Crippen molar-refractivity contribution in [3.63, 3.8) is 0 Å². The Balaban J connectivity index is 1.11. The van der Waals surface area contributed by atoms with Crippen LogP contribution in [0.5, 0.6) is 0 Å². The minimum absolute atomic E-state index is 0.00736. The third-order valence-electron chi connectivity index (χ3n) is 10.8. The summed E-state index contributed by atoms with van der Waals surface area (Å²) in [4.78, 5) is 97.0. The highest BCUT2D eigenvalue weighted by atomic mass is 32.2. The number of aliphatic hydroxyl groups excluding tert-OH is 1. The fraction of sp³-hybridized carbons (Fsp3) is 0.250. The maximum atomic E-state index is 14.1. The number of thiazole rings is 6. The van der Waals surface area contributed by atoms with Gasteiger partial charge in [0, 0.05) is 46.1 Å². The number of amides is 5. The Hall–Kier alpha value is -6.70. The fourth-order valence-electron chi connectivity index (χ4n) is 7.37. The maximum Gasteiger partial charge on any atom is 0.277 e. The monoisotopic (exact) mass is 1120 g/mol. The van der Waals surface area contributed by atoms with Crippen LogP contribution in [-0.4, -0.2) is 99.9 Å². The highest BCUT2D eigenvalue weighted by Gasteiger charge is 2.33. The molecule has 4 atom stereocenters. The molecular weight excluding hydrogens is 1080 g/mol. The second-order valence-corrected chi connectivity index (χ2v) is 23.5. The van der Waals surface area contributed by atoms with Crippen LogP contribution in [0.4, 0.5) is 10.9 Å². The first kappa shape index (κ1) is 51.2. The summed E-state index contributed by atoms with van der Waals surface area (Å²) in [6.45, 7) is 1.09. The summed E-state index contributed by atoms with van der Waals surface area (Å²) in [5.41, 5.74) is 2.59. The summed E-state index contributed by atoms with van der Waals surface area (Å²) in [7, 11) is -0.721. The van der Waals surface area contributed by atoms with E-state index >= 15 is 0 Å². The number of benzene rings is 1. The van der Waals surface area contributed by atoms with Crippen LogP contribution in [0.25, 0.3) is 22.0 Å². The van der Waals surface area contributed by atoms with Gasteiger partial charge >= 0.3 is 0 Å². The number of aliphatic hydroxyl groups is 1. The number of dihydropyridines is 1. The molecule has 5 amide bonds. The Morgan fingerprint density at radius 2 is 1.59 bits per heavy atom. The van der Waals surface area contributed by atoms with E-state index in [9.17, 15) is 37.5 Å². The number of aryl methyl sites for hydroxylation is 1. The van der Waals surface area contributed by atoms with Gasteiger partial charge in [0.05, 0.1) is 54.2 Å². The lowest BCUT2D eigenvalue weighted by Crippen LogP contribution is -2.40. The van der Waals surface area contributed by atoms with E-state index < -0.39 is 70.3 Å². The summed E-state index contributed by atoms with van der Waals surface area (Å²) in [6.07, 6.45) is 3.12. The molecule has 7 aromatic rings. The number of sulfonamides is 1. The number of carbonyl (C=O) groups is 5. The first-order valence-corrected chi connectivity index (χ1v) is 28.7. The quantitative estimate of drug-likeness (QED) is 0.0923. The lowest BCUT2D eigenvalue weighted by Gasteiger charge is -2.24. The lowest BCUT2D eigenvalue weighted by atomic mass is 10.0. The van der Waals surface area contributed by atoms with Crippen molar-refractivity contribution >= 4 is 130 Å². The zero-order chi connectivity index (χ0) is 51.6. The lowest BCUT2D eigenvalue weighted by molar-refractivity contribution is -0.122. The van der Waals surface area contributed by atoms with E-state index in [0.717, 1.165) is 28.9 Å². The molecule has 22 nitrogen and oxygen atoms in total. The average Bonchev–Trinajstić information content (AvgIpc) is 4.24. The number of aromatic nitrogens is 6. The molecule has 0 radical (unpaired) electrons. The molecule has 9 rings (SSSR count). The smallest absolute Gasteiger partial charge is 0.277 e. The van der Waals surface area contributed by atoms with Crippen molar-refractivity contribution in [3.05, 3.63) is 122 Å². The van der Waals surface area contributed by atoms with Gasteiger partial charge in [-0.15, -0.1) is 56.7 Å². The number of methoxy groups -OCH3 is 1. The highest BCUT2D eigenvalue weighted by Crippen LogP contribution is 2.41. The van der Waals surface area contributed by atoms with E-state index in [1.165, 1.54) is 59.5 Å². The Morgan fingerprint density at radius 1 is 0.822 bits per heavy atom. The van der Waals surface area contributed by atoms with E-state index in [2.05, 4.69) is 51.6 Å². The number of ether oxygens (including phenoxy) is 1. The zero-order valence-corrected chi connectivity index (χ0v) is 44.3. The molecule has 0 aliphatic carbocycles. The van der Waals surface area contributed by atoms with Crippen LogP contribution in [0, 0.1) is 6.92 Å². The van der Waals surface area contributed by atoms with E-state index in [1.807, 2.05) is 11.5 Å². The van der Waals surface area contributed by atoms with Gasteiger partial charge < -0.3 is 36.4 Å². The van der Waals surface area contributed by atoms with Crippen LogP contribution in [0.3, 0.4) is 0 Å². The molecule has 10 bridgehead atoms. The molecule has 0 spiro atoms. The molecular formula is C44H41N13O9S7. The van der Waals surface area contributed by atoms with Gasteiger partial charge in [-0.25, -0.2) is 38.3 Å². The van der Waals surface area contributed by atoms with Gasteiger partial charge in [0.25, 0.3) is 17.7 Å². The maximum absolute atomic E-state index is 14.1. The van der Waals surface area contributed by atoms with Gasteiger partial charge in [-0.2, -0.15) is 0 Å². The normalized spacial score (nSPS) is 18.0. The largest absolute Gasteiger partial charge is 0.386 e. The topological polar surface area (TPSA) is 310 Å². The summed E-state index contributed by atoms with van der Waals surface area (Å²) >= 11 is 6.97. The van der Waals surface area contributed by atoms with Crippen molar-refractivity contribution in [3.8, 4) is 10.7 Å². The van der Waals surface area contributed by atoms with Gasteiger partial charge in [-0.1, -0.05) is 47.7 Å². The Kier molecular flexibility index (Phi) is 15.3. The summed E-state index contributed by atoms with van der Waals surface area (Å²) < 4.78 is 31.7. The second kappa shape index (κ2) is 21.8. The molecule has 0 fully saturated rings. The number of anilines is 2. The summed E-state index contributed by atoms with van der Waals surface area (Å²) in [5.74, 6) is -2.93. The molecule has 29 heteroatoms. The van der Waals surface area contributed by atoms with E-state index in [-0.39, 0.29) is 46.1 Å². The Bertz CT molecular complexity index is 3430. The molecule has 2 aliphatic rings. The molecule has 0 saturated carbocycles.